The van der Waals surface area contributed by atoms with Crippen LogP contribution in [0.25, 0.3) is 0 Å². The zero-order valence-electron chi connectivity index (χ0n) is 5.32. The fourth-order valence-corrected chi connectivity index (χ4v) is 0. The van der Waals surface area contributed by atoms with Gasteiger partial charge in [-0.3, -0.25) is 0 Å². The summed E-state index contributed by atoms with van der Waals surface area (Å²) in [5.74, 6) is 0. The molecule has 0 radical (unpaired) electrons. The molecule has 0 unspecified atom stereocenters. The topological polar surface area (TPSA) is 20.2 Å². The summed E-state index contributed by atoms with van der Waals surface area (Å²) < 4.78 is -0.366. The molecule has 0 fully saturated rings. The van der Waals surface area contributed by atoms with Gasteiger partial charge in [-0.2, -0.15) is 0 Å². The summed E-state index contributed by atoms with van der Waals surface area (Å²) in [4.78, 5) is 0. The Morgan fingerprint density at radius 2 is 0.786 bits per heavy atom. The molecule has 0 heterocycles. The van der Waals surface area contributed by atoms with Gasteiger partial charge in [0.25, 0.3) is 0 Å². The van der Waals surface area contributed by atoms with Gasteiger partial charge in [-0.05, 0) is 99.9 Å². The first-order valence-electron chi connectivity index (χ1n) is 2.04. The fourth-order valence-electron chi connectivity index (χ4n) is 0. The number of hydrogen-bond acceptors (Lipinski definition) is 1. The van der Waals surface area contributed by atoms with Crippen LogP contribution in [0, 0.1) is 0 Å². The van der Waals surface area contributed by atoms with Crippen molar-refractivity contribution in [1.29, 1.82) is 0 Å². The molecule has 0 aromatic rings. The second-order valence-electron chi connectivity index (χ2n) is 0.700. The lowest BCUT2D eigenvalue weighted by Gasteiger charge is -1.70. The summed E-state index contributed by atoms with van der Waals surface area (Å²) in [5, 5.41) is 7.57. The van der Waals surface area contributed by atoms with E-state index in [-0.39, 0.29) is 36.9 Å². The predicted molar refractivity (Wildman–Crippen MR) is 100 cm³/mol. The van der Waals surface area contributed by atoms with E-state index in [0.717, 1.165) is 0 Å². The van der Waals surface area contributed by atoms with Gasteiger partial charge in [0, 0.05) is 6.61 Å². The molecule has 96 valence electrons. The Hall–Kier alpha value is 3.70. The monoisotopic (exact) mass is 630 g/mol. The van der Waals surface area contributed by atoms with E-state index in [4.69, 9.17) is 5.11 Å². The average Bonchev–Trinajstić information content (AvgIpc) is 1.60. The first-order chi connectivity index (χ1) is 4.88. The number of aliphatic hydroxyl groups is 1. The summed E-state index contributed by atoms with van der Waals surface area (Å²) in [6.45, 7) is 1.93. The summed E-state index contributed by atoms with van der Waals surface area (Å²) in [7, 11) is 0. The molecule has 9 heteroatoms. The molecule has 0 aliphatic rings. The maximum absolute atomic E-state index is 7.57. The highest BCUT2D eigenvalue weighted by molar-refractivity contribution is 9.93. The van der Waals surface area contributed by atoms with Crippen molar-refractivity contribution in [2.75, 3.05) is 6.61 Å². The van der Waals surface area contributed by atoms with Crippen molar-refractivity contribution >= 4 is 101 Å². The minimum atomic E-state index is -0.183. The molecule has 0 rings (SSSR count). The van der Waals surface area contributed by atoms with Crippen molar-refractivity contribution < 1.29 is 5.11 Å². The molecule has 0 aromatic heterocycles. The molecule has 0 amide bonds. The molecule has 0 saturated heterocycles. The van der Waals surface area contributed by atoms with Crippen LogP contribution in [-0.4, -0.2) is 11.7 Å². The minimum absolute atomic E-state index is 0. The molecule has 1 nitrogen and oxygen atoms in total. The van der Waals surface area contributed by atoms with Crippen LogP contribution < -0.4 is 0 Å². The zero-order chi connectivity index (χ0) is 9.86. The average molecular weight is 636 g/mol. The van der Waals surface area contributed by atoms with Gasteiger partial charge >= 0.3 is 0 Å². The highest BCUT2D eigenvalue weighted by atomic mass is 80.0. The molecule has 0 aliphatic heterocycles. The van der Waals surface area contributed by atoms with Gasteiger partial charge in [-0.1, -0.05) is 22.3 Å². The highest BCUT2D eigenvalue weighted by Gasteiger charge is 1.77. The third kappa shape index (κ3) is 248. The molecule has 0 bridgehead atoms. The maximum atomic E-state index is 7.57. The van der Waals surface area contributed by atoms with Gasteiger partial charge in [-0.15, -0.1) is 0 Å². The summed E-state index contributed by atoms with van der Waals surface area (Å²) in [5.41, 5.74) is 0. The van der Waals surface area contributed by atoms with Crippen molar-refractivity contribution in [2.45, 2.75) is 29.2 Å². The molecule has 0 aliphatic carbocycles. The largest absolute Gasteiger partial charge is 0.397 e. The lowest BCUT2D eigenvalue weighted by molar-refractivity contribution is 0.318. The van der Waals surface area contributed by atoms with Gasteiger partial charge in [-0.25, -0.2) is 0 Å². The van der Waals surface area contributed by atoms with Crippen molar-refractivity contribution in [3.8, 4) is 0 Å². The standard InChI is InChI=1S/C2H6O.3CH4.2Br3P/c1-2-3;;;;2*1-4(2)3/h3H,2H2,1H3;3*1H4;;. The van der Waals surface area contributed by atoms with Crippen LogP contribution in [0.1, 0.15) is 29.2 Å². The number of aliphatic hydroxyl groups excluding tert-OH is 1. The van der Waals surface area contributed by atoms with Gasteiger partial charge in [0.2, 0.25) is 0 Å². The Morgan fingerprint density at radius 1 is 0.786 bits per heavy atom. The van der Waals surface area contributed by atoms with Crippen molar-refractivity contribution in [3.05, 3.63) is 0 Å². The van der Waals surface area contributed by atoms with E-state index in [1.807, 2.05) is 0 Å². The summed E-state index contributed by atoms with van der Waals surface area (Å²) >= 11 is 19.0. The molecule has 0 aromatic carbocycles. The van der Waals surface area contributed by atoms with Crippen LogP contribution >= 0.6 is 101 Å². The second kappa shape index (κ2) is 36.0. The van der Waals surface area contributed by atoms with Gasteiger partial charge in [0.15, 0.2) is 0 Å². The first kappa shape index (κ1) is 36.1. The normalized spacial score (nSPS) is 6.43. The zero-order valence-corrected chi connectivity index (χ0v) is 16.6. The molecule has 0 spiro atoms. The number of hydrogen-bond donors (Lipinski definition) is 1. The van der Waals surface area contributed by atoms with Crippen LogP contribution in [-0.2, 0) is 0 Å². The Morgan fingerprint density at radius 3 is 0.786 bits per heavy atom. The van der Waals surface area contributed by atoms with E-state index in [1.165, 1.54) is 0 Å². The third-order valence-corrected chi connectivity index (χ3v) is 0. The molecular weight excluding hydrogens is 617 g/mol. The molecular formula is C5H18Br6OP2. The Balaban J connectivity index is -0.0000000156. The summed E-state index contributed by atoms with van der Waals surface area (Å²) in [6, 6.07) is 0. The van der Waals surface area contributed by atoms with Crippen LogP contribution in [0.4, 0.5) is 0 Å². The highest BCUT2D eigenvalue weighted by Crippen LogP contribution is 2.59. The molecule has 14 heavy (non-hydrogen) atoms. The Bertz CT molecular complexity index is 48.0. The molecule has 0 atom stereocenters. The third-order valence-electron chi connectivity index (χ3n) is 0. The molecule has 1 N–H and O–H groups in total. The van der Waals surface area contributed by atoms with Crippen molar-refractivity contribution in [2.24, 2.45) is 0 Å². The van der Waals surface area contributed by atoms with Crippen LogP contribution in [0.15, 0.2) is 0 Å². The smallest absolute Gasteiger partial charge is 0.103 e. The van der Waals surface area contributed by atoms with Gasteiger partial charge < -0.3 is 5.11 Å². The lowest BCUT2D eigenvalue weighted by Crippen LogP contribution is -1.57. The molecule has 0 saturated carbocycles. The van der Waals surface area contributed by atoms with E-state index in [1.54, 1.807) is 6.92 Å². The van der Waals surface area contributed by atoms with Crippen LogP contribution in [0.2, 0.25) is 0 Å². The maximum Gasteiger partial charge on any atom is 0.103 e. The van der Waals surface area contributed by atoms with E-state index < -0.39 is 0 Å². The predicted octanol–water partition coefficient (Wildman–Crippen LogP) is 8.70. The Labute approximate surface area is 140 Å². The minimum Gasteiger partial charge on any atom is -0.397 e. The van der Waals surface area contributed by atoms with Gasteiger partial charge in [0.1, 0.15) is 8.06 Å². The van der Waals surface area contributed by atoms with E-state index in [0.29, 0.717) is 0 Å². The van der Waals surface area contributed by atoms with E-state index in [9.17, 15) is 0 Å². The fraction of sp³-hybridized carbons (Fsp3) is 1.00. The van der Waals surface area contributed by atoms with Crippen molar-refractivity contribution in [3.63, 3.8) is 0 Å². The van der Waals surface area contributed by atoms with Crippen LogP contribution in [0.5, 0.6) is 0 Å². The SMILES string of the molecule is BrP(Br)Br.BrP(Br)Br.C.C.C.CCO. The van der Waals surface area contributed by atoms with Crippen molar-refractivity contribution in [1.82, 2.24) is 0 Å². The quantitative estimate of drug-likeness (QED) is 0.264. The number of halogens is 6. The van der Waals surface area contributed by atoms with Gasteiger partial charge in [0.05, 0.1) is 0 Å². The van der Waals surface area contributed by atoms with Crippen LogP contribution in [0.3, 0.4) is 0 Å². The lowest BCUT2D eigenvalue weighted by atomic mass is 10.9. The second-order valence-corrected chi connectivity index (χ2v) is 31.4. The number of rotatable bonds is 0. The Kier molecular flexibility index (Phi) is 92.6. The van der Waals surface area contributed by atoms with E-state index >= 15 is 0 Å². The summed E-state index contributed by atoms with van der Waals surface area (Å²) in [6.07, 6.45) is 0. The first-order valence-corrected chi connectivity index (χ1v) is 16.8. The van der Waals surface area contributed by atoms with E-state index in [2.05, 4.69) is 92.9 Å².